The number of nitrogens with two attached hydrogens (primary N) is 1. The smallest absolute Gasteiger partial charge is 0.126 e. The van der Waals surface area contributed by atoms with E-state index in [2.05, 4.69) is 0 Å². The van der Waals surface area contributed by atoms with Crippen LogP contribution < -0.4 is 15.2 Å². The molecular formula is C16H18FNO2. The van der Waals surface area contributed by atoms with Gasteiger partial charge >= 0.3 is 0 Å². The monoisotopic (exact) mass is 275 g/mol. The molecule has 2 rings (SSSR count). The summed E-state index contributed by atoms with van der Waals surface area (Å²) >= 11 is 0. The van der Waals surface area contributed by atoms with Crippen molar-refractivity contribution in [3.8, 4) is 11.5 Å². The van der Waals surface area contributed by atoms with Crippen molar-refractivity contribution >= 4 is 0 Å². The molecule has 106 valence electrons. The van der Waals surface area contributed by atoms with Crippen LogP contribution in [0.3, 0.4) is 0 Å². The van der Waals surface area contributed by atoms with Crippen LogP contribution in [0.5, 0.6) is 11.5 Å². The molecule has 0 amide bonds. The van der Waals surface area contributed by atoms with Crippen molar-refractivity contribution in [1.82, 2.24) is 0 Å². The molecule has 0 saturated carbocycles. The highest BCUT2D eigenvalue weighted by Gasteiger charge is 2.08. The Morgan fingerprint density at radius 3 is 2.65 bits per heavy atom. The number of hydrogen-bond acceptors (Lipinski definition) is 3. The van der Waals surface area contributed by atoms with E-state index in [1.54, 1.807) is 26.2 Å². The van der Waals surface area contributed by atoms with E-state index in [0.29, 0.717) is 17.9 Å². The van der Waals surface area contributed by atoms with Crippen LogP contribution in [-0.2, 0) is 0 Å². The number of halogens is 1. The van der Waals surface area contributed by atoms with Gasteiger partial charge in [-0.1, -0.05) is 12.1 Å². The van der Waals surface area contributed by atoms with Crippen molar-refractivity contribution in [2.45, 2.75) is 13.0 Å². The van der Waals surface area contributed by atoms with Gasteiger partial charge in [-0.15, -0.1) is 0 Å². The normalized spacial score (nSPS) is 12.0. The zero-order valence-corrected chi connectivity index (χ0v) is 11.6. The molecule has 1 unspecified atom stereocenters. The Balaban J connectivity index is 2.00. The number of aryl methyl sites for hydroxylation is 1. The quantitative estimate of drug-likeness (QED) is 0.911. The Bertz CT molecular complexity index is 586. The lowest BCUT2D eigenvalue weighted by atomic mass is 10.1. The summed E-state index contributed by atoms with van der Waals surface area (Å²) in [5.41, 5.74) is 7.57. The van der Waals surface area contributed by atoms with Crippen LogP contribution in [0.1, 0.15) is 17.2 Å². The minimum Gasteiger partial charge on any atom is -0.497 e. The number of hydrogen-bond donors (Lipinski definition) is 1. The van der Waals surface area contributed by atoms with Gasteiger partial charge in [0.15, 0.2) is 0 Å². The molecule has 1 atom stereocenters. The lowest BCUT2D eigenvalue weighted by molar-refractivity contribution is 0.289. The summed E-state index contributed by atoms with van der Waals surface area (Å²) in [4.78, 5) is 0. The Morgan fingerprint density at radius 1 is 1.15 bits per heavy atom. The number of rotatable bonds is 5. The van der Waals surface area contributed by atoms with E-state index in [1.807, 2.05) is 24.3 Å². The Kier molecular flexibility index (Phi) is 4.58. The minimum absolute atomic E-state index is 0.241. The molecule has 0 aromatic heterocycles. The molecule has 0 spiro atoms. The molecule has 3 nitrogen and oxygen atoms in total. The van der Waals surface area contributed by atoms with Crippen LogP contribution >= 0.6 is 0 Å². The molecule has 0 aliphatic heterocycles. The first kappa shape index (κ1) is 14.3. The van der Waals surface area contributed by atoms with E-state index in [1.165, 1.54) is 6.07 Å². The predicted octanol–water partition coefficient (Wildman–Crippen LogP) is 3.22. The second kappa shape index (κ2) is 6.39. The Labute approximate surface area is 118 Å². The first-order valence-corrected chi connectivity index (χ1v) is 6.38. The predicted molar refractivity (Wildman–Crippen MR) is 76.6 cm³/mol. The molecule has 0 saturated heterocycles. The van der Waals surface area contributed by atoms with Crippen LogP contribution in [0.2, 0.25) is 0 Å². The van der Waals surface area contributed by atoms with E-state index in [9.17, 15) is 4.39 Å². The van der Waals surface area contributed by atoms with Crippen molar-refractivity contribution in [1.29, 1.82) is 0 Å². The molecule has 2 aromatic rings. The summed E-state index contributed by atoms with van der Waals surface area (Å²) in [6.45, 7) is 2.02. The highest BCUT2D eigenvalue weighted by atomic mass is 19.1. The van der Waals surface area contributed by atoms with Gasteiger partial charge in [-0.3, -0.25) is 0 Å². The Hall–Kier alpha value is -2.07. The van der Waals surface area contributed by atoms with Gasteiger partial charge in [-0.05, 0) is 48.4 Å². The van der Waals surface area contributed by atoms with E-state index in [4.69, 9.17) is 15.2 Å². The molecule has 0 heterocycles. The summed E-state index contributed by atoms with van der Waals surface area (Å²) in [6.07, 6.45) is 0. The third kappa shape index (κ3) is 3.48. The maximum Gasteiger partial charge on any atom is 0.126 e. The van der Waals surface area contributed by atoms with Crippen LogP contribution in [-0.4, -0.2) is 13.7 Å². The summed E-state index contributed by atoms with van der Waals surface area (Å²) < 4.78 is 23.9. The molecule has 0 aliphatic rings. The summed E-state index contributed by atoms with van der Waals surface area (Å²) in [5.74, 6) is 1.13. The third-order valence-electron chi connectivity index (χ3n) is 3.08. The zero-order valence-electron chi connectivity index (χ0n) is 11.6. The van der Waals surface area contributed by atoms with Gasteiger partial charge in [-0.2, -0.15) is 0 Å². The largest absolute Gasteiger partial charge is 0.497 e. The first-order chi connectivity index (χ1) is 9.60. The van der Waals surface area contributed by atoms with Crippen LogP contribution in [0.15, 0.2) is 42.5 Å². The van der Waals surface area contributed by atoms with Gasteiger partial charge < -0.3 is 15.2 Å². The molecular weight excluding hydrogens is 257 g/mol. The maximum absolute atomic E-state index is 13.2. The second-order valence-corrected chi connectivity index (χ2v) is 4.61. The molecule has 2 N–H and O–H groups in total. The van der Waals surface area contributed by atoms with Gasteiger partial charge in [0.25, 0.3) is 0 Å². The van der Waals surface area contributed by atoms with E-state index in [0.717, 1.165) is 11.3 Å². The molecule has 2 aromatic carbocycles. The molecule has 0 radical (unpaired) electrons. The fourth-order valence-corrected chi connectivity index (χ4v) is 1.86. The zero-order chi connectivity index (χ0) is 14.5. The van der Waals surface area contributed by atoms with Crippen molar-refractivity contribution < 1.29 is 13.9 Å². The van der Waals surface area contributed by atoms with Crippen LogP contribution in [0, 0.1) is 12.7 Å². The molecule has 20 heavy (non-hydrogen) atoms. The molecule has 0 bridgehead atoms. The van der Waals surface area contributed by atoms with Crippen molar-refractivity contribution in [3.63, 3.8) is 0 Å². The average Bonchev–Trinajstić information content (AvgIpc) is 2.48. The topological polar surface area (TPSA) is 44.5 Å². The van der Waals surface area contributed by atoms with Crippen LogP contribution in [0.4, 0.5) is 4.39 Å². The van der Waals surface area contributed by atoms with Gasteiger partial charge in [0.1, 0.15) is 23.9 Å². The van der Waals surface area contributed by atoms with Gasteiger partial charge in [0.2, 0.25) is 0 Å². The van der Waals surface area contributed by atoms with E-state index in [-0.39, 0.29) is 11.9 Å². The number of methoxy groups -OCH3 is 1. The highest BCUT2D eigenvalue weighted by Crippen LogP contribution is 2.20. The van der Waals surface area contributed by atoms with Gasteiger partial charge in [0, 0.05) is 0 Å². The summed E-state index contributed by atoms with van der Waals surface area (Å²) in [5, 5.41) is 0. The van der Waals surface area contributed by atoms with Crippen molar-refractivity contribution in [3.05, 3.63) is 59.4 Å². The maximum atomic E-state index is 13.2. The van der Waals surface area contributed by atoms with E-state index < -0.39 is 0 Å². The fourth-order valence-electron chi connectivity index (χ4n) is 1.86. The second-order valence-electron chi connectivity index (χ2n) is 4.61. The van der Waals surface area contributed by atoms with Crippen LogP contribution in [0.25, 0.3) is 0 Å². The minimum atomic E-state index is -0.268. The summed E-state index contributed by atoms with van der Waals surface area (Å²) in [6, 6.07) is 11.9. The number of benzene rings is 2. The number of ether oxygens (including phenoxy) is 2. The summed E-state index contributed by atoms with van der Waals surface area (Å²) in [7, 11) is 1.61. The Morgan fingerprint density at radius 2 is 1.95 bits per heavy atom. The third-order valence-corrected chi connectivity index (χ3v) is 3.08. The molecule has 4 heteroatoms. The molecule has 0 fully saturated rings. The highest BCUT2D eigenvalue weighted by molar-refractivity contribution is 5.31. The van der Waals surface area contributed by atoms with Crippen molar-refractivity contribution in [2.75, 3.05) is 13.7 Å². The van der Waals surface area contributed by atoms with Gasteiger partial charge in [-0.25, -0.2) is 4.39 Å². The van der Waals surface area contributed by atoms with E-state index >= 15 is 0 Å². The van der Waals surface area contributed by atoms with Crippen molar-refractivity contribution in [2.24, 2.45) is 5.73 Å². The fraction of sp³-hybridized carbons (Fsp3) is 0.250. The lowest BCUT2D eigenvalue weighted by Gasteiger charge is -2.14. The average molecular weight is 275 g/mol. The standard InChI is InChI=1S/C16H18FNO2/c1-11-8-14(6-7-15(11)17)20-10-16(18)12-4-3-5-13(9-12)19-2/h3-9,16H,10,18H2,1-2H3. The SMILES string of the molecule is COc1cccc(C(N)COc2ccc(F)c(C)c2)c1. The molecule has 0 aliphatic carbocycles. The van der Waals surface area contributed by atoms with Gasteiger partial charge in [0.05, 0.1) is 13.2 Å². The first-order valence-electron chi connectivity index (χ1n) is 6.38. The lowest BCUT2D eigenvalue weighted by Crippen LogP contribution is -2.19.